The summed E-state index contributed by atoms with van der Waals surface area (Å²) in [7, 11) is 2.16. The van der Waals surface area contributed by atoms with Gasteiger partial charge in [-0.3, -0.25) is 9.89 Å². The van der Waals surface area contributed by atoms with Crippen molar-refractivity contribution in [1.29, 1.82) is 0 Å². The highest BCUT2D eigenvalue weighted by Gasteiger charge is 2.19. The molecule has 4 nitrogen and oxygen atoms in total. The molecule has 1 heterocycles. The van der Waals surface area contributed by atoms with Gasteiger partial charge < -0.3 is 10.6 Å². The summed E-state index contributed by atoms with van der Waals surface area (Å²) >= 11 is 6.00. The summed E-state index contributed by atoms with van der Waals surface area (Å²) in [6, 6.07) is 8.85. The van der Waals surface area contributed by atoms with Crippen molar-refractivity contribution in [3.05, 3.63) is 34.9 Å². The second-order valence-electron chi connectivity index (χ2n) is 5.66. The molecule has 0 radical (unpaired) electrons. The van der Waals surface area contributed by atoms with Crippen LogP contribution in [0.25, 0.3) is 0 Å². The zero-order chi connectivity index (χ0) is 15.2. The predicted molar refractivity (Wildman–Crippen MR) is 90.0 cm³/mol. The maximum atomic E-state index is 6.00. The lowest BCUT2D eigenvalue weighted by Gasteiger charge is -2.29. The van der Waals surface area contributed by atoms with Crippen LogP contribution in [0.4, 0.5) is 0 Å². The summed E-state index contributed by atoms with van der Waals surface area (Å²) in [6.45, 7) is 7.08. The van der Waals surface area contributed by atoms with Crippen LogP contribution in [0.15, 0.2) is 29.3 Å². The molecule has 0 amide bonds. The van der Waals surface area contributed by atoms with Crippen molar-refractivity contribution in [2.75, 3.05) is 26.7 Å². The topological polar surface area (TPSA) is 39.7 Å². The number of rotatable bonds is 6. The van der Waals surface area contributed by atoms with Crippen LogP contribution in [0.3, 0.4) is 0 Å². The smallest absolute Gasteiger partial charge is 0.191 e. The van der Waals surface area contributed by atoms with Crippen LogP contribution in [-0.4, -0.2) is 43.6 Å². The Hall–Kier alpha value is -1.26. The number of aliphatic imine (C=N–C) groups is 1. The molecule has 2 N–H and O–H groups in total. The van der Waals surface area contributed by atoms with E-state index in [1.807, 2.05) is 12.1 Å². The van der Waals surface area contributed by atoms with E-state index < -0.39 is 0 Å². The largest absolute Gasteiger partial charge is 0.354 e. The second kappa shape index (κ2) is 7.66. The van der Waals surface area contributed by atoms with Crippen LogP contribution in [0, 0.1) is 0 Å². The van der Waals surface area contributed by atoms with Gasteiger partial charge in [0.05, 0.1) is 12.6 Å². The van der Waals surface area contributed by atoms with E-state index in [2.05, 4.69) is 53.6 Å². The minimum Gasteiger partial charge on any atom is -0.354 e. The van der Waals surface area contributed by atoms with Gasteiger partial charge in [-0.05, 0) is 44.6 Å². The lowest BCUT2D eigenvalue weighted by molar-refractivity contribution is 0.245. The SMILES string of the molecule is CCCN(C)C(CNC1=NCC(C)N1)c1ccc(Cl)cc1. The van der Waals surface area contributed by atoms with Gasteiger partial charge in [-0.15, -0.1) is 0 Å². The molecule has 0 bridgehead atoms. The number of halogens is 1. The number of benzene rings is 1. The van der Waals surface area contributed by atoms with Crippen LogP contribution in [0.1, 0.15) is 31.9 Å². The van der Waals surface area contributed by atoms with Gasteiger partial charge in [-0.25, -0.2) is 0 Å². The zero-order valence-electron chi connectivity index (χ0n) is 13.1. The molecule has 0 saturated heterocycles. The molecule has 1 aliphatic rings. The van der Waals surface area contributed by atoms with Crippen molar-refractivity contribution >= 4 is 17.6 Å². The minimum atomic E-state index is 0.308. The number of hydrogen-bond acceptors (Lipinski definition) is 4. The molecule has 21 heavy (non-hydrogen) atoms. The van der Waals surface area contributed by atoms with Crippen molar-refractivity contribution in [1.82, 2.24) is 15.5 Å². The summed E-state index contributed by atoms with van der Waals surface area (Å²) in [5, 5.41) is 7.55. The van der Waals surface area contributed by atoms with Crippen LogP contribution in [0.5, 0.6) is 0 Å². The van der Waals surface area contributed by atoms with Crippen LogP contribution in [0.2, 0.25) is 5.02 Å². The van der Waals surface area contributed by atoms with Gasteiger partial charge in [0.2, 0.25) is 0 Å². The molecular formula is C16H25ClN4. The van der Waals surface area contributed by atoms with E-state index in [4.69, 9.17) is 11.6 Å². The van der Waals surface area contributed by atoms with Gasteiger partial charge in [0, 0.05) is 17.6 Å². The van der Waals surface area contributed by atoms with Crippen LogP contribution >= 0.6 is 11.6 Å². The van der Waals surface area contributed by atoms with Gasteiger partial charge in [0.15, 0.2) is 5.96 Å². The molecule has 1 aromatic rings. The second-order valence-corrected chi connectivity index (χ2v) is 6.10. The lowest BCUT2D eigenvalue weighted by Crippen LogP contribution is -2.42. The van der Waals surface area contributed by atoms with Crippen molar-refractivity contribution in [3.63, 3.8) is 0 Å². The van der Waals surface area contributed by atoms with Crippen molar-refractivity contribution in [2.45, 2.75) is 32.4 Å². The fraction of sp³-hybridized carbons (Fsp3) is 0.562. The molecule has 2 unspecified atom stereocenters. The Kier molecular flexibility index (Phi) is 5.88. The van der Waals surface area contributed by atoms with E-state index in [1.54, 1.807) is 0 Å². The maximum absolute atomic E-state index is 6.00. The maximum Gasteiger partial charge on any atom is 0.191 e. The van der Waals surface area contributed by atoms with Gasteiger partial charge in [-0.2, -0.15) is 0 Å². The highest BCUT2D eigenvalue weighted by atomic mass is 35.5. The van der Waals surface area contributed by atoms with Gasteiger partial charge in [0.1, 0.15) is 0 Å². The van der Waals surface area contributed by atoms with E-state index >= 15 is 0 Å². The minimum absolute atomic E-state index is 0.308. The van der Waals surface area contributed by atoms with Crippen molar-refractivity contribution < 1.29 is 0 Å². The summed E-state index contributed by atoms with van der Waals surface area (Å²) in [6.07, 6.45) is 1.14. The molecule has 0 spiro atoms. The molecule has 1 aromatic carbocycles. The first kappa shape index (κ1) is 16.1. The number of guanidine groups is 1. The quantitative estimate of drug-likeness (QED) is 0.849. The average Bonchev–Trinajstić information content (AvgIpc) is 2.87. The van der Waals surface area contributed by atoms with Crippen molar-refractivity contribution in [2.24, 2.45) is 4.99 Å². The number of likely N-dealkylation sites (N-methyl/N-ethyl adjacent to an activating group) is 1. The molecule has 2 atom stereocenters. The van der Waals surface area contributed by atoms with Crippen LogP contribution in [-0.2, 0) is 0 Å². The predicted octanol–water partition coefficient (Wildman–Crippen LogP) is 2.66. The molecule has 0 fully saturated rings. The molecule has 0 aliphatic carbocycles. The molecule has 116 valence electrons. The summed E-state index contributed by atoms with van der Waals surface area (Å²) < 4.78 is 0. The highest BCUT2D eigenvalue weighted by molar-refractivity contribution is 6.30. The third-order valence-electron chi connectivity index (χ3n) is 3.73. The van der Waals surface area contributed by atoms with Crippen molar-refractivity contribution in [3.8, 4) is 0 Å². The Balaban J connectivity index is 2.03. The Morgan fingerprint density at radius 1 is 1.43 bits per heavy atom. The third kappa shape index (κ3) is 4.61. The Labute approximate surface area is 132 Å². The number of nitrogens with zero attached hydrogens (tertiary/aromatic N) is 2. The molecule has 0 saturated carbocycles. The molecule has 5 heteroatoms. The summed E-state index contributed by atoms with van der Waals surface area (Å²) in [4.78, 5) is 6.83. The standard InChI is InChI=1S/C16H25ClN4/c1-4-9-21(3)15(13-5-7-14(17)8-6-13)11-19-16-18-10-12(2)20-16/h5-8,12,15H,4,9-11H2,1-3H3,(H2,18,19,20). The van der Waals surface area contributed by atoms with E-state index in [-0.39, 0.29) is 0 Å². The molecule has 1 aliphatic heterocycles. The fourth-order valence-corrected chi connectivity index (χ4v) is 2.70. The Morgan fingerprint density at radius 2 is 2.14 bits per heavy atom. The van der Waals surface area contributed by atoms with Crippen LogP contribution < -0.4 is 10.6 Å². The third-order valence-corrected chi connectivity index (χ3v) is 3.98. The lowest BCUT2D eigenvalue weighted by atomic mass is 10.1. The average molecular weight is 309 g/mol. The number of hydrogen-bond donors (Lipinski definition) is 2. The number of nitrogens with one attached hydrogen (secondary N) is 2. The molecule has 0 aromatic heterocycles. The molecular weight excluding hydrogens is 284 g/mol. The first-order chi connectivity index (χ1) is 10.1. The van der Waals surface area contributed by atoms with E-state index in [9.17, 15) is 0 Å². The van der Waals surface area contributed by atoms with Gasteiger partial charge in [-0.1, -0.05) is 30.7 Å². The van der Waals surface area contributed by atoms with E-state index in [1.165, 1.54) is 5.56 Å². The van der Waals surface area contributed by atoms with E-state index in [0.717, 1.165) is 37.0 Å². The fourth-order valence-electron chi connectivity index (χ4n) is 2.57. The Bertz CT molecular complexity index is 472. The first-order valence-corrected chi connectivity index (χ1v) is 7.98. The van der Waals surface area contributed by atoms with E-state index in [0.29, 0.717) is 12.1 Å². The Morgan fingerprint density at radius 3 is 2.71 bits per heavy atom. The molecule has 2 rings (SSSR count). The van der Waals surface area contributed by atoms with Gasteiger partial charge in [0.25, 0.3) is 0 Å². The summed E-state index contributed by atoms with van der Waals surface area (Å²) in [5.74, 6) is 0.909. The van der Waals surface area contributed by atoms with Gasteiger partial charge >= 0.3 is 0 Å². The normalized spacial score (nSPS) is 19.3. The zero-order valence-corrected chi connectivity index (χ0v) is 13.8. The highest BCUT2D eigenvalue weighted by Crippen LogP contribution is 2.21. The monoisotopic (exact) mass is 308 g/mol. The summed E-state index contributed by atoms with van der Waals surface area (Å²) in [5.41, 5.74) is 1.27. The first-order valence-electron chi connectivity index (χ1n) is 7.60.